The molecule has 3 unspecified atom stereocenters. The standard InChI is InChI=1S/C48H62N2O4Si/c1-33(20-36-18-13-19-37(21-36)25-46(51)50-44-24-38-22-40-26-41(23-38)47(40)44)49-30-45(54-55(5,6)48(2,3)4)39-27-42(52-31-34-14-9-7-10-15-34)29-43(28-39)53-32-35-16-11-8-12-17-35/h7-19,21,27-29,33,38,40-41,44-45,47,49H,20,22-26,30-32H2,1-6H3,(H,50,51)/t33-,38?,40?,41?,44?,45+,47?/m1/s1. The molecule has 6 nitrogen and oxygen atoms in total. The van der Waals surface area contributed by atoms with Gasteiger partial charge in [0.1, 0.15) is 24.7 Å². The molecular weight excluding hydrogens is 697 g/mol. The minimum Gasteiger partial charge on any atom is -0.489 e. The lowest BCUT2D eigenvalue weighted by Crippen LogP contribution is -2.60. The topological polar surface area (TPSA) is 68.8 Å². The third-order valence-corrected chi connectivity index (χ3v) is 17.4. The summed E-state index contributed by atoms with van der Waals surface area (Å²) in [6.45, 7) is 15.3. The third-order valence-electron chi connectivity index (χ3n) is 12.9. The first-order chi connectivity index (χ1) is 26.4. The van der Waals surface area contributed by atoms with Crippen LogP contribution in [0, 0.1) is 23.7 Å². The van der Waals surface area contributed by atoms with Crippen LogP contribution in [-0.4, -0.2) is 32.9 Å². The Balaban J connectivity index is 1.03. The highest BCUT2D eigenvalue weighted by atomic mass is 28.4. The van der Waals surface area contributed by atoms with E-state index in [1.54, 1.807) is 0 Å². The number of rotatable bonds is 17. The number of carbonyl (C=O) groups excluding carboxylic acids is 1. The van der Waals surface area contributed by atoms with E-state index in [0.717, 1.165) is 63.8 Å². The van der Waals surface area contributed by atoms with E-state index in [0.29, 0.717) is 32.2 Å². The first-order valence-electron chi connectivity index (χ1n) is 20.7. The van der Waals surface area contributed by atoms with Crippen LogP contribution in [0.5, 0.6) is 11.5 Å². The maximum Gasteiger partial charge on any atom is 0.224 e. The van der Waals surface area contributed by atoms with E-state index in [2.05, 4.69) is 112 Å². The number of benzene rings is 4. The number of carbonyl (C=O) groups is 1. The lowest BCUT2D eigenvalue weighted by Gasteiger charge is -2.60. The first kappa shape index (κ1) is 39.3. The normalized spacial score (nSPS) is 22.7. The van der Waals surface area contributed by atoms with Crippen molar-refractivity contribution in [3.63, 3.8) is 0 Å². The summed E-state index contributed by atoms with van der Waals surface area (Å²) in [6, 6.07) is 35.9. The van der Waals surface area contributed by atoms with Crippen LogP contribution < -0.4 is 20.1 Å². The van der Waals surface area contributed by atoms with Crippen LogP contribution in [0.15, 0.2) is 103 Å². The van der Waals surface area contributed by atoms with E-state index < -0.39 is 8.32 Å². The lowest BCUT2D eigenvalue weighted by molar-refractivity contribution is -0.129. The minimum absolute atomic E-state index is 0.0363. The molecule has 5 fully saturated rings. The number of ether oxygens (including phenoxy) is 2. The van der Waals surface area contributed by atoms with Crippen LogP contribution >= 0.6 is 0 Å². The number of hydrogen-bond acceptors (Lipinski definition) is 5. The van der Waals surface area contributed by atoms with Gasteiger partial charge in [0, 0.05) is 24.7 Å². The fourth-order valence-electron chi connectivity index (χ4n) is 9.10. The summed E-state index contributed by atoms with van der Waals surface area (Å²) in [4.78, 5) is 13.2. The molecule has 5 saturated carbocycles. The van der Waals surface area contributed by atoms with Crippen molar-refractivity contribution in [3.05, 3.63) is 131 Å². The number of hydrogen-bond donors (Lipinski definition) is 2. The number of nitrogens with one attached hydrogen (secondary N) is 2. The van der Waals surface area contributed by atoms with Crippen LogP contribution in [0.2, 0.25) is 18.1 Å². The van der Waals surface area contributed by atoms with Gasteiger partial charge in [-0.3, -0.25) is 4.79 Å². The second-order valence-corrected chi connectivity index (χ2v) is 23.0. The smallest absolute Gasteiger partial charge is 0.224 e. The highest BCUT2D eigenvalue weighted by molar-refractivity contribution is 6.74. The Kier molecular flexibility index (Phi) is 12.2. The molecule has 292 valence electrons. The first-order valence-corrected chi connectivity index (χ1v) is 23.6. The Bertz CT molecular complexity index is 1800. The molecule has 55 heavy (non-hydrogen) atoms. The van der Waals surface area contributed by atoms with Gasteiger partial charge < -0.3 is 24.5 Å². The minimum atomic E-state index is -2.18. The molecule has 7 heteroatoms. The molecule has 0 heterocycles. The van der Waals surface area contributed by atoms with Crippen molar-refractivity contribution in [3.8, 4) is 11.5 Å². The Labute approximate surface area is 330 Å². The van der Waals surface area contributed by atoms with Crippen LogP contribution in [0.3, 0.4) is 0 Å². The SMILES string of the molecule is C[C@H](Cc1cccc(CC(=O)NC2CC3CC4CC(C3)C42)c1)NC[C@H](O[Si](C)(C)C(C)(C)C)c1cc(OCc2ccccc2)cc(OCc2ccccc2)c1. The van der Waals surface area contributed by atoms with Crippen LogP contribution in [0.1, 0.15) is 87.3 Å². The largest absolute Gasteiger partial charge is 0.489 e. The second kappa shape index (κ2) is 17.1. The molecule has 1 amide bonds. The molecule has 2 N–H and O–H groups in total. The van der Waals surface area contributed by atoms with Gasteiger partial charge in [-0.2, -0.15) is 0 Å². The summed E-state index contributed by atoms with van der Waals surface area (Å²) in [6.07, 6.45) is 6.45. The van der Waals surface area contributed by atoms with Crippen molar-refractivity contribution in [2.75, 3.05) is 6.54 Å². The average molecular weight is 759 g/mol. The van der Waals surface area contributed by atoms with Gasteiger partial charge in [0.25, 0.3) is 0 Å². The summed E-state index contributed by atoms with van der Waals surface area (Å²) in [5.41, 5.74) is 5.58. The molecule has 0 spiro atoms. The van der Waals surface area contributed by atoms with E-state index in [-0.39, 0.29) is 23.1 Å². The quantitative estimate of drug-likeness (QED) is 0.105. The molecule has 5 aliphatic rings. The van der Waals surface area contributed by atoms with E-state index in [1.807, 2.05) is 42.5 Å². The van der Waals surface area contributed by atoms with Gasteiger partial charge in [0.05, 0.1) is 12.5 Å². The fourth-order valence-corrected chi connectivity index (χ4v) is 10.4. The Morgan fingerprint density at radius 1 is 0.745 bits per heavy atom. The second-order valence-electron chi connectivity index (χ2n) is 18.2. The maximum absolute atomic E-state index is 13.2. The molecule has 9 rings (SSSR count). The fraction of sp³-hybridized carbons (Fsp3) is 0.479. The van der Waals surface area contributed by atoms with E-state index in [1.165, 1.54) is 31.2 Å². The van der Waals surface area contributed by atoms with Gasteiger partial charge in [0.15, 0.2) is 8.32 Å². The Morgan fingerprint density at radius 2 is 1.33 bits per heavy atom. The molecule has 5 atom stereocenters. The number of amides is 1. The molecule has 5 aliphatic carbocycles. The summed E-state index contributed by atoms with van der Waals surface area (Å²) in [5, 5.41) is 7.33. The molecule has 0 aliphatic heterocycles. The van der Waals surface area contributed by atoms with Gasteiger partial charge in [0.2, 0.25) is 5.91 Å². The van der Waals surface area contributed by atoms with Crippen molar-refractivity contribution in [2.45, 2.75) is 116 Å². The predicted octanol–water partition coefficient (Wildman–Crippen LogP) is 10.2. The van der Waals surface area contributed by atoms with E-state index in [9.17, 15) is 4.79 Å². The summed E-state index contributed by atoms with van der Waals surface area (Å²) >= 11 is 0. The van der Waals surface area contributed by atoms with Crippen molar-refractivity contribution < 1.29 is 18.7 Å². The van der Waals surface area contributed by atoms with Crippen LogP contribution in [-0.2, 0) is 35.3 Å². The van der Waals surface area contributed by atoms with Gasteiger partial charge >= 0.3 is 0 Å². The Hall–Kier alpha value is -3.91. The van der Waals surface area contributed by atoms with Crippen molar-refractivity contribution in [1.82, 2.24) is 10.6 Å². The zero-order valence-electron chi connectivity index (χ0n) is 33.9. The molecule has 0 saturated heterocycles. The average Bonchev–Trinajstić information content (AvgIpc) is 3.15. The maximum atomic E-state index is 13.2. The lowest BCUT2D eigenvalue weighted by atomic mass is 9.46. The van der Waals surface area contributed by atoms with Gasteiger partial charge in [-0.25, -0.2) is 0 Å². The molecule has 4 aromatic rings. The highest BCUT2D eigenvalue weighted by Crippen LogP contribution is 2.60. The molecule has 4 bridgehead atoms. The van der Waals surface area contributed by atoms with E-state index >= 15 is 0 Å². The summed E-state index contributed by atoms with van der Waals surface area (Å²) in [7, 11) is -2.18. The van der Waals surface area contributed by atoms with Crippen LogP contribution in [0.4, 0.5) is 0 Å². The summed E-state index contributed by atoms with van der Waals surface area (Å²) < 4.78 is 20.0. The Morgan fingerprint density at radius 3 is 1.91 bits per heavy atom. The van der Waals surface area contributed by atoms with Crippen LogP contribution in [0.25, 0.3) is 0 Å². The molecular formula is C48H62N2O4Si. The zero-order chi connectivity index (χ0) is 38.6. The third kappa shape index (κ3) is 10.1. The summed E-state index contributed by atoms with van der Waals surface area (Å²) in [5.74, 6) is 4.97. The van der Waals surface area contributed by atoms with E-state index in [4.69, 9.17) is 13.9 Å². The number of fused-ring (bicyclic) bond motifs is 1. The zero-order valence-corrected chi connectivity index (χ0v) is 34.9. The van der Waals surface area contributed by atoms with Crippen molar-refractivity contribution in [2.24, 2.45) is 23.7 Å². The monoisotopic (exact) mass is 758 g/mol. The predicted molar refractivity (Wildman–Crippen MR) is 225 cm³/mol. The van der Waals surface area contributed by atoms with Crippen molar-refractivity contribution >= 4 is 14.2 Å². The molecule has 0 aromatic heterocycles. The van der Waals surface area contributed by atoms with Crippen molar-refractivity contribution in [1.29, 1.82) is 0 Å². The van der Waals surface area contributed by atoms with Gasteiger partial charge in [-0.1, -0.05) is 106 Å². The highest BCUT2D eigenvalue weighted by Gasteiger charge is 2.55. The van der Waals surface area contributed by atoms with Gasteiger partial charge in [-0.15, -0.1) is 0 Å². The van der Waals surface area contributed by atoms with Gasteiger partial charge in [-0.05, 0) is 121 Å². The molecule has 0 radical (unpaired) electrons. The molecule has 4 aromatic carbocycles.